The van der Waals surface area contributed by atoms with Crippen molar-refractivity contribution in [1.29, 1.82) is 0 Å². The SMILES string of the molecule is COc1ccc(C)cc1N1C[C@@H](C(=O)NCCCn2ccnc2)CC1=O. The highest BCUT2D eigenvalue weighted by Crippen LogP contribution is 2.33. The Morgan fingerprint density at radius 1 is 1.42 bits per heavy atom. The van der Waals surface area contributed by atoms with Crippen LogP contribution in [0.15, 0.2) is 36.9 Å². The largest absolute Gasteiger partial charge is 0.495 e. The molecule has 0 bridgehead atoms. The summed E-state index contributed by atoms with van der Waals surface area (Å²) in [7, 11) is 1.58. The van der Waals surface area contributed by atoms with E-state index in [1.807, 2.05) is 35.9 Å². The highest BCUT2D eigenvalue weighted by molar-refractivity contribution is 6.01. The molecule has 1 aliphatic rings. The second kappa shape index (κ2) is 8.03. The van der Waals surface area contributed by atoms with Crippen molar-refractivity contribution in [2.45, 2.75) is 26.3 Å². The third kappa shape index (κ3) is 4.04. The van der Waals surface area contributed by atoms with Crippen molar-refractivity contribution in [2.24, 2.45) is 5.92 Å². The lowest BCUT2D eigenvalue weighted by atomic mass is 10.1. The van der Waals surface area contributed by atoms with Gasteiger partial charge in [0.05, 0.1) is 25.0 Å². The number of carbonyl (C=O) groups excluding carboxylic acids is 2. The van der Waals surface area contributed by atoms with Crippen LogP contribution in [0.25, 0.3) is 0 Å². The van der Waals surface area contributed by atoms with Gasteiger partial charge in [-0.1, -0.05) is 6.07 Å². The molecule has 0 aliphatic carbocycles. The number of ether oxygens (including phenoxy) is 1. The zero-order valence-corrected chi connectivity index (χ0v) is 15.1. The molecule has 1 fully saturated rings. The first kappa shape index (κ1) is 18.0. The summed E-state index contributed by atoms with van der Waals surface area (Å²) in [6.45, 7) is 3.73. The Morgan fingerprint density at radius 3 is 3.00 bits per heavy atom. The van der Waals surface area contributed by atoms with E-state index in [1.165, 1.54) is 0 Å². The number of anilines is 1. The van der Waals surface area contributed by atoms with Crippen LogP contribution in [0.2, 0.25) is 0 Å². The summed E-state index contributed by atoms with van der Waals surface area (Å²) in [6.07, 6.45) is 6.43. The van der Waals surface area contributed by atoms with Crippen LogP contribution in [0, 0.1) is 12.8 Å². The molecule has 0 spiro atoms. The van der Waals surface area contributed by atoms with Gasteiger partial charge in [-0.15, -0.1) is 0 Å². The highest BCUT2D eigenvalue weighted by Gasteiger charge is 2.36. The van der Waals surface area contributed by atoms with Crippen molar-refractivity contribution in [3.05, 3.63) is 42.5 Å². The molecule has 1 atom stereocenters. The maximum Gasteiger partial charge on any atom is 0.227 e. The summed E-state index contributed by atoms with van der Waals surface area (Å²) in [5.74, 6) is 0.192. The van der Waals surface area contributed by atoms with Crippen molar-refractivity contribution < 1.29 is 14.3 Å². The van der Waals surface area contributed by atoms with Gasteiger partial charge in [0.15, 0.2) is 0 Å². The molecular weight excluding hydrogens is 332 g/mol. The van der Waals surface area contributed by atoms with Crippen LogP contribution in [0.5, 0.6) is 5.75 Å². The Morgan fingerprint density at radius 2 is 2.27 bits per heavy atom. The maximum atomic E-state index is 12.4. The smallest absolute Gasteiger partial charge is 0.227 e. The van der Waals surface area contributed by atoms with Crippen LogP contribution in [0.4, 0.5) is 5.69 Å². The normalized spacial score (nSPS) is 16.8. The molecule has 3 rings (SSSR count). The molecule has 0 saturated carbocycles. The predicted molar refractivity (Wildman–Crippen MR) is 98.0 cm³/mol. The molecular formula is C19H24N4O3. The lowest BCUT2D eigenvalue weighted by Gasteiger charge is -2.20. The van der Waals surface area contributed by atoms with Crippen LogP contribution < -0.4 is 15.0 Å². The molecule has 7 nitrogen and oxygen atoms in total. The van der Waals surface area contributed by atoms with Crippen LogP contribution >= 0.6 is 0 Å². The number of rotatable bonds is 7. The van der Waals surface area contributed by atoms with E-state index in [2.05, 4.69) is 10.3 Å². The van der Waals surface area contributed by atoms with Gasteiger partial charge in [-0.3, -0.25) is 9.59 Å². The fourth-order valence-corrected chi connectivity index (χ4v) is 3.16. The van der Waals surface area contributed by atoms with Gasteiger partial charge in [0.2, 0.25) is 11.8 Å². The van der Waals surface area contributed by atoms with Gasteiger partial charge in [0.1, 0.15) is 5.75 Å². The molecule has 138 valence electrons. The number of nitrogens with zero attached hydrogens (tertiary/aromatic N) is 3. The molecule has 2 heterocycles. The fraction of sp³-hybridized carbons (Fsp3) is 0.421. The van der Waals surface area contributed by atoms with Crippen molar-refractivity contribution in [3.63, 3.8) is 0 Å². The maximum absolute atomic E-state index is 12.4. The van der Waals surface area contributed by atoms with Gasteiger partial charge < -0.3 is 19.5 Å². The minimum atomic E-state index is -0.332. The van der Waals surface area contributed by atoms with Gasteiger partial charge in [0, 0.05) is 38.4 Å². The zero-order valence-electron chi connectivity index (χ0n) is 15.1. The highest BCUT2D eigenvalue weighted by atomic mass is 16.5. The lowest BCUT2D eigenvalue weighted by Crippen LogP contribution is -2.33. The van der Waals surface area contributed by atoms with E-state index in [4.69, 9.17) is 4.74 Å². The zero-order chi connectivity index (χ0) is 18.5. The van der Waals surface area contributed by atoms with Gasteiger partial charge >= 0.3 is 0 Å². The summed E-state index contributed by atoms with van der Waals surface area (Å²) in [6, 6.07) is 5.71. The molecule has 0 radical (unpaired) electrons. The molecule has 26 heavy (non-hydrogen) atoms. The van der Waals surface area contributed by atoms with E-state index >= 15 is 0 Å². The Balaban J connectivity index is 1.55. The molecule has 7 heteroatoms. The fourth-order valence-electron chi connectivity index (χ4n) is 3.16. The molecule has 2 amide bonds. The number of hydrogen-bond acceptors (Lipinski definition) is 4. The molecule has 0 unspecified atom stereocenters. The summed E-state index contributed by atoms with van der Waals surface area (Å²) in [5, 5.41) is 2.94. The van der Waals surface area contributed by atoms with E-state index in [-0.39, 0.29) is 24.2 Å². The van der Waals surface area contributed by atoms with Crippen molar-refractivity contribution >= 4 is 17.5 Å². The minimum Gasteiger partial charge on any atom is -0.495 e. The van der Waals surface area contributed by atoms with Gasteiger partial charge in [0.25, 0.3) is 0 Å². The monoisotopic (exact) mass is 356 g/mol. The van der Waals surface area contributed by atoms with Gasteiger partial charge in [-0.2, -0.15) is 0 Å². The first-order valence-electron chi connectivity index (χ1n) is 8.77. The third-order valence-electron chi connectivity index (χ3n) is 4.57. The topological polar surface area (TPSA) is 76.5 Å². The van der Waals surface area contributed by atoms with E-state index in [9.17, 15) is 9.59 Å². The molecule has 1 saturated heterocycles. The Bertz CT molecular complexity index is 773. The van der Waals surface area contributed by atoms with E-state index in [0.29, 0.717) is 18.8 Å². The number of benzene rings is 1. The first-order valence-corrected chi connectivity index (χ1v) is 8.77. The third-order valence-corrected chi connectivity index (χ3v) is 4.57. The molecule has 1 N–H and O–H groups in total. The summed E-state index contributed by atoms with van der Waals surface area (Å²) >= 11 is 0. The van der Waals surface area contributed by atoms with Gasteiger partial charge in [-0.05, 0) is 31.0 Å². The van der Waals surface area contributed by atoms with Crippen molar-refractivity contribution in [3.8, 4) is 5.75 Å². The minimum absolute atomic E-state index is 0.0486. The number of amides is 2. The molecule has 1 aliphatic heterocycles. The van der Waals surface area contributed by atoms with Crippen molar-refractivity contribution in [1.82, 2.24) is 14.9 Å². The number of aryl methyl sites for hydroxylation is 2. The number of imidazole rings is 1. The number of aromatic nitrogens is 2. The van der Waals surface area contributed by atoms with Crippen LogP contribution in [0.3, 0.4) is 0 Å². The molecule has 2 aromatic rings. The standard InChI is InChI=1S/C19H24N4O3/c1-14-4-5-17(26-2)16(10-14)23-12-15(11-18(23)24)19(25)21-6-3-8-22-9-7-20-13-22/h4-5,7,9-10,13,15H,3,6,8,11-12H2,1-2H3,(H,21,25)/t15-/m0/s1. The van der Waals surface area contributed by atoms with E-state index < -0.39 is 0 Å². The summed E-state index contributed by atoms with van der Waals surface area (Å²) in [5.41, 5.74) is 1.77. The lowest BCUT2D eigenvalue weighted by molar-refractivity contribution is -0.126. The second-order valence-corrected chi connectivity index (χ2v) is 6.53. The Hall–Kier alpha value is -2.83. The number of hydrogen-bond donors (Lipinski definition) is 1. The second-order valence-electron chi connectivity index (χ2n) is 6.53. The summed E-state index contributed by atoms with van der Waals surface area (Å²) < 4.78 is 7.34. The average molecular weight is 356 g/mol. The van der Waals surface area contributed by atoms with E-state index in [0.717, 1.165) is 24.2 Å². The number of nitrogens with one attached hydrogen (secondary N) is 1. The Kier molecular flexibility index (Phi) is 5.55. The average Bonchev–Trinajstić information content (AvgIpc) is 3.28. The predicted octanol–water partition coefficient (Wildman–Crippen LogP) is 1.76. The number of carbonyl (C=O) groups is 2. The van der Waals surface area contributed by atoms with E-state index in [1.54, 1.807) is 24.5 Å². The molecule has 1 aromatic heterocycles. The summed E-state index contributed by atoms with van der Waals surface area (Å²) in [4.78, 5) is 30.5. The van der Waals surface area contributed by atoms with Crippen molar-refractivity contribution in [2.75, 3.05) is 25.1 Å². The van der Waals surface area contributed by atoms with Crippen LogP contribution in [-0.4, -0.2) is 41.6 Å². The van der Waals surface area contributed by atoms with Crippen LogP contribution in [0.1, 0.15) is 18.4 Å². The Labute approximate surface area is 153 Å². The number of methoxy groups -OCH3 is 1. The van der Waals surface area contributed by atoms with Crippen LogP contribution in [-0.2, 0) is 16.1 Å². The molecule has 1 aromatic carbocycles. The quantitative estimate of drug-likeness (QED) is 0.767. The first-order chi connectivity index (χ1) is 12.6. The van der Waals surface area contributed by atoms with Gasteiger partial charge in [-0.25, -0.2) is 4.98 Å².